The zero-order valence-electron chi connectivity index (χ0n) is 9.39. The number of carboxylic acid groups (broad SMARTS) is 1. The summed E-state index contributed by atoms with van der Waals surface area (Å²) in [7, 11) is 0. The zero-order valence-corrected chi connectivity index (χ0v) is 9.39. The molecule has 0 spiro atoms. The van der Waals surface area contributed by atoms with Gasteiger partial charge < -0.3 is 15.2 Å². The molecule has 0 fully saturated rings. The Morgan fingerprint density at radius 3 is 2.75 bits per heavy atom. The second kappa shape index (κ2) is 4.88. The smallest absolute Gasteiger partial charge is 0.405 e. The molecule has 1 heterocycles. The van der Waals surface area contributed by atoms with E-state index in [9.17, 15) is 4.79 Å². The standard InChI is InChI=1S/C8H15N5O3/c1-8(2,3)16-4-5(9-7(14)15)6-10-12-13-11-6/h5,9H,4H2,1-3H3,(H,14,15)(H,10,11,12,13). The maximum atomic E-state index is 10.6. The predicted octanol–water partition coefficient (Wildman–Crippen LogP) is 0.323. The van der Waals surface area contributed by atoms with E-state index in [1.54, 1.807) is 0 Å². The highest BCUT2D eigenvalue weighted by Crippen LogP contribution is 2.13. The highest BCUT2D eigenvalue weighted by molar-refractivity contribution is 5.64. The summed E-state index contributed by atoms with van der Waals surface area (Å²) in [6, 6.07) is -0.629. The van der Waals surface area contributed by atoms with Crippen molar-refractivity contribution in [3.63, 3.8) is 0 Å². The van der Waals surface area contributed by atoms with Gasteiger partial charge in [0.2, 0.25) is 0 Å². The lowest BCUT2D eigenvalue weighted by Gasteiger charge is -2.22. The maximum Gasteiger partial charge on any atom is 0.405 e. The molecule has 0 saturated heterocycles. The summed E-state index contributed by atoms with van der Waals surface area (Å²) in [5.41, 5.74) is -0.359. The molecular formula is C8H15N5O3. The first-order valence-corrected chi connectivity index (χ1v) is 4.75. The van der Waals surface area contributed by atoms with Gasteiger partial charge in [0.25, 0.3) is 0 Å². The van der Waals surface area contributed by atoms with Gasteiger partial charge in [-0.2, -0.15) is 5.21 Å². The van der Waals surface area contributed by atoms with E-state index in [1.165, 1.54) is 0 Å². The third-order valence-corrected chi connectivity index (χ3v) is 1.65. The number of aromatic amines is 1. The number of amides is 1. The molecule has 3 N–H and O–H groups in total. The number of nitrogens with one attached hydrogen (secondary N) is 2. The van der Waals surface area contributed by atoms with Crippen LogP contribution < -0.4 is 5.32 Å². The van der Waals surface area contributed by atoms with E-state index in [0.717, 1.165) is 0 Å². The van der Waals surface area contributed by atoms with Crippen LogP contribution in [0.2, 0.25) is 0 Å². The fourth-order valence-corrected chi connectivity index (χ4v) is 0.980. The van der Waals surface area contributed by atoms with Crippen molar-refractivity contribution in [2.24, 2.45) is 0 Å². The second-order valence-electron chi connectivity index (χ2n) is 4.20. The Balaban J connectivity index is 2.62. The first-order valence-electron chi connectivity index (χ1n) is 4.75. The van der Waals surface area contributed by atoms with Crippen molar-refractivity contribution < 1.29 is 14.6 Å². The Hall–Kier alpha value is -1.70. The van der Waals surface area contributed by atoms with Gasteiger partial charge in [0.1, 0.15) is 6.04 Å². The topological polar surface area (TPSA) is 113 Å². The number of aromatic nitrogens is 4. The Kier molecular flexibility index (Phi) is 3.78. The lowest BCUT2D eigenvalue weighted by Crippen LogP contribution is -2.34. The maximum absolute atomic E-state index is 10.6. The molecule has 1 unspecified atom stereocenters. The molecule has 1 rings (SSSR count). The predicted molar refractivity (Wildman–Crippen MR) is 53.8 cm³/mol. The van der Waals surface area contributed by atoms with Gasteiger partial charge in [-0.15, -0.1) is 10.2 Å². The number of carbonyl (C=O) groups is 1. The Morgan fingerprint density at radius 2 is 2.31 bits per heavy atom. The number of nitrogens with zero attached hydrogens (tertiary/aromatic N) is 3. The number of H-pyrrole nitrogens is 1. The van der Waals surface area contributed by atoms with Gasteiger partial charge in [-0.05, 0) is 20.8 Å². The molecule has 8 nitrogen and oxygen atoms in total. The molecular weight excluding hydrogens is 214 g/mol. The summed E-state index contributed by atoms with van der Waals surface area (Å²) in [4.78, 5) is 10.6. The summed E-state index contributed by atoms with van der Waals surface area (Å²) in [5, 5.41) is 24.0. The van der Waals surface area contributed by atoms with Gasteiger partial charge >= 0.3 is 6.09 Å². The van der Waals surface area contributed by atoms with Crippen LogP contribution in [0.4, 0.5) is 4.79 Å². The fraction of sp³-hybridized carbons (Fsp3) is 0.750. The van der Waals surface area contributed by atoms with Crippen molar-refractivity contribution in [3.05, 3.63) is 5.82 Å². The monoisotopic (exact) mass is 229 g/mol. The van der Waals surface area contributed by atoms with E-state index >= 15 is 0 Å². The molecule has 16 heavy (non-hydrogen) atoms. The molecule has 0 saturated carbocycles. The van der Waals surface area contributed by atoms with Gasteiger partial charge in [-0.3, -0.25) is 0 Å². The first kappa shape index (κ1) is 12.4. The Bertz CT molecular complexity index is 332. The third-order valence-electron chi connectivity index (χ3n) is 1.65. The molecule has 1 aromatic heterocycles. The molecule has 0 radical (unpaired) electrons. The number of hydrogen-bond donors (Lipinski definition) is 3. The molecule has 90 valence electrons. The van der Waals surface area contributed by atoms with Crippen molar-refractivity contribution >= 4 is 6.09 Å². The number of hydrogen-bond acceptors (Lipinski definition) is 5. The molecule has 1 aromatic rings. The van der Waals surface area contributed by atoms with Crippen molar-refractivity contribution in [1.29, 1.82) is 0 Å². The molecule has 0 aliphatic heterocycles. The van der Waals surface area contributed by atoms with Crippen LogP contribution in [-0.4, -0.2) is 44.0 Å². The van der Waals surface area contributed by atoms with Crippen LogP contribution in [0.1, 0.15) is 32.6 Å². The van der Waals surface area contributed by atoms with E-state index in [0.29, 0.717) is 0 Å². The molecule has 0 aliphatic rings. The van der Waals surface area contributed by atoms with Crippen LogP contribution in [0.3, 0.4) is 0 Å². The molecule has 1 amide bonds. The van der Waals surface area contributed by atoms with Crippen LogP contribution in [0, 0.1) is 0 Å². The summed E-state index contributed by atoms with van der Waals surface area (Å²) >= 11 is 0. The normalized spacial score (nSPS) is 13.4. The minimum Gasteiger partial charge on any atom is -0.465 e. The van der Waals surface area contributed by atoms with E-state index in [1.807, 2.05) is 20.8 Å². The van der Waals surface area contributed by atoms with Gasteiger partial charge in [0, 0.05) is 0 Å². The van der Waals surface area contributed by atoms with Crippen LogP contribution >= 0.6 is 0 Å². The van der Waals surface area contributed by atoms with E-state index in [2.05, 4.69) is 25.9 Å². The average molecular weight is 229 g/mol. The molecule has 8 heteroatoms. The van der Waals surface area contributed by atoms with Crippen LogP contribution in [0.25, 0.3) is 0 Å². The van der Waals surface area contributed by atoms with Gasteiger partial charge in [0.15, 0.2) is 5.82 Å². The average Bonchev–Trinajstić information content (AvgIpc) is 2.62. The molecule has 0 aromatic carbocycles. The minimum atomic E-state index is -1.16. The van der Waals surface area contributed by atoms with E-state index in [-0.39, 0.29) is 18.0 Å². The highest BCUT2D eigenvalue weighted by atomic mass is 16.5. The largest absolute Gasteiger partial charge is 0.465 e. The molecule has 0 bridgehead atoms. The Morgan fingerprint density at radius 1 is 1.62 bits per heavy atom. The summed E-state index contributed by atoms with van der Waals surface area (Å²) in [6.45, 7) is 5.78. The summed E-state index contributed by atoms with van der Waals surface area (Å²) in [5.74, 6) is 0.256. The van der Waals surface area contributed by atoms with Gasteiger partial charge in [-0.25, -0.2) is 4.79 Å². The molecule has 0 aliphatic carbocycles. The third kappa shape index (κ3) is 4.22. The lowest BCUT2D eigenvalue weighted by molar-refractivity contribution is -0.0153. The Labute approximate surface area is 92.4 Å². The van der Waals surface area contributed by atoms with Gasteiger partial charge in [0.05, 0.1) is 12.2 Å². The van der Waals surface area contributed by atoms with Crippen LogP contribution in [-0.2, 0) is 4.74 Å². The quantitative estimate of drug-likeness (QED) is 0.685. The summed E-state index contributed by atoms with van der Waals surface area (Å²) in [6.07, 6.45) is -1.16. The van der Waals surface area contributed by atoms with E-state index < -0.39 is 12.1 Å². The van der Waals surface area contributed by atoms with E-state index in [4.69, 9.17) is 9.84 Å². The lowest BCUT2D eigenvalue weighted by atomic mass is 10.2. The van der Waals surface area contributed by atoms with Crippen LogP contribution in [0.5, 0.6) is 0 Å². The van der Waals surface area contributed by atoms with Gasteiger partial charge in [-0.1, -0.05) is 5.21 Å². The zero-order chi connectivity index (χ0) is 12.2. The van der Waals surface area contributed by atoms with Crippen LogP contribution in [0.15, 0.2) is 0 Å². The van der Waals surface area contributed by atoms with Crippen molar-refractivity contribution in [2.45, 2.75) is 32.4 Å². The van der Waals surface area contributed by atoms with Crippen molar-refractivity contribution in [2.75, 3.05) is 6.61 Å². The number of rotatable bonds is 4. The first-order chi connectivity index (χ1) is 7.38. The number of ether oxygens (including phenoxy) is 1. The number of tetrazole rings is 1. The SMILES string of the molecule is CC(C)(C)OCC(NC(=O)O)c1nn[nH]n1. The minimum absolute atomic E-state index is 0.148. The fourth-order valence-electron chi connectivity index (χ4n) is 0.980. The highest BCUT2D eigenvalue weighted by Gasteiger charge is 2.21. The van der Waals surface area contributed by atoms with Crippen molar-refractivity contribution in [1.82, 2.24) is 25.9 Å². The molecule has 1 atom stereocenters. The summed E-state index contributed by atoms with van der Waals surface area (Å²) < 4.78 is 5.47. The second-order valence-corrected chi connectivity index (χ2v) is 4.20. The van der Waals surface area contributed by atoms with Crippen molar-refractivity contribution in [3.8, 4) is 0 Å².